The van der Waals surface area contributed by atoms with E-state index >= 15 is 0 Å². The molecule has 1 fully saturated rings. The molecule has 1 aliphatic heterocycles. The normalized spacial score (nSPS) is 24.1. The number of sulfonamides is 1. The summed E-state index contributed by atoms with van der Waals surface area (Å²) in [5, 5.41) is 1.08. The first kappa shape index (κ1) is 16.9. The van der Waals surface area contributed by atoms with Crippen LogP contribution in [0.3, 0.4) is 0 Å². The Morgan fingerprint density at radius 1 is 1.32 bits per heavy atom. The van der Waals surface area contributed by atoms with E-state index in [0.717, 1.165) is 17.0 Å². The maximum Gasteiger partial charge on any atom is 0.265 e. The van der Waals surface area contributed by atoms with Gasteiger partial charge < -0.3 is 0 Å². The fraction of sp³-hybridized carbons (Fsp3) is 0.533. The quantitative estimate of drug-likeness (QED) is 0.588. The van der Waals surface area contributed by atoms with Crippen molar-refractivity contribution >= 4 is 15.9 Å². The smallest absolute Gasteiger partial charge is 0.265 e. The molecule has 1 saturated heterocycles. The van der Waals surface area contributed by atoms with Crippen molar-refractivity contribution < 1.29 is 18.0 Å². The van der Waals surface area contributed by atoms with Gasteiger partial charge in [0.05, 0.1) is 18.0 Å². The highest BCUT2D eigenvalue weighted by Crippen LogP contribution is 2.39. The average molecular weight is 326 g/mol. The summed E-state index contributed by atoms with van der Waals surface area (Å²) in [6, 6.07) is 5.70. The van der Waals surface area contributed by atoms with Gasteiger partial charge in [-0.3, -0.25) is 9.63 Å². The summed E-state index contributed by atoms with van der Waals surface area (Å²) in [5.74, 6) is -0.336. The maximum absolute atomic E-state index is 12.7. The highest BCUT2D eigenvalue weighted by Gasteiger charge is 2.59. The molecular weight excluding hydrogens is 304 g/mol. The lowest BCUT2D eigenvalue weighted by Crippen LogP contribution is -2.32. The van der Waals surface area contributed by atoms with E-state index in [9.17, 15) is 13.2 Å². The Labute approximate surface area is 131 Å². The van der Waals surface area contributed by atoms with E-state index in [-0.39, 0.29) is 16.8 Å². The summed E-state index contributed by atoms with van der Waals surface area (Å²) in [5.41, 5.74) is 0.988. The first-order valence-corrected chi connectivity index (χ1v) is 8.70. The maximum atomic E-state index is 12.7. The van der Waals surface area contributed by atoms with Crippen LogP contribution in [0, 0.1) is 6.92 Å². The Balaban J connectivity index is 2.29. The Hall–Kier alpha value is -1.44. The number of nitrogens with zero attached hydrogens (tertiary/aromatic N) is 2. The van der Waals surface area contributed by atoms with Gasteiger partial charge in [0.15, 0.2) is 0 Å². The minimum atomic E-state index is -3.66. The molecule has 7 heteroatoms. The van der Waals surface area contributed by atoms with Crippen molar-refractivity contribution in [1.29, 1.82) is 0 Å². The zero-order valence-electron chi connectivity index (χ0n) is 13.3. The molecule has 6 nitrogen and oxygen atoms in total. The zero-order chi connectivity index (χ0) is 16.5. The summed E-state index contributed by atoms with van der Waals surface area (Å²) in [7, 11) is -0.790. The largest absolute Gasteiger partial charge is 0.275 e. The molecular formula is C15H22N2O4S. The van der Waals surface area contributed by atoms with Crippen LogP contribution in [-0.2, 0) is 19.7 Å². The first-order valence-electron chi connectivity index (χ1n) is 7.26. The molecule has 0 N–H and O–H groups in total. The fourth-order valence-corrected chi connectivity index (χ4v) is 4.32. The fourth-order valence-electron chi connectivity index (χ4n) is 2.55. The van der Waals surface area contributed by atoms with Crippen molar-refractivity contribution in [1.82, 2.24) is 9.37 Å². The van der Waals surface area contributed by atoms with Crippen LogP contribution < -0.4 is 0 Å². The van der Waals surface area contributed by atoms with Crippen LogP contribution in [-0.4, -0.2) is 49.9 Å². The minimum Gasteiger partial charge on any atom is -0.275 e. The lowest BCUT2D eigenvalue weighted by molar-refractivity contribution is -0.168. The van der Waals surface area contributed by atoms with Crippen molar-refractivity contribution in [3.05, 3.63) is 29.8 Å². The Kier molecular flexibility index (Phi) is 4.89. The molecule has 0 saturated carbocycles. The predicted octanol–water partition coefficient (Wildman–Crippen LogP) is 1.56. The van der Waals surface area contributed by atoms with Crippen LogP contribution in [0.15, 0.2) is 29.2 Å². The van der Waals surface area contributed by atoms with Gasteiger partial charge in [0.2, 0.25) is 10.0 Å². The van der Waals surface area contributed by atoms with Gasteiger partial charge in [-0.2, -0.15) is 4.31 Å². The number of benzene rings is 1. The first-order chi connectivity index (χ1) is 10.3. The van der Waals surface area contributed by atoms with Gasteiger partial charge >= 0.3 is 0 Å². The minimum absolute atomic E-state index is 0.217. The van der Waals surface area contributed by atoms with E-state index in [0.29, 0.717) is 6.42 Å². The molecule has 0 radical (unpaired) electrons. The van der Waals surface area contributed by atoms with Crippen LogP contribution in [0.2, 0.25) is 0 Å². The lowest BCUT2D eigenvalue weighted by Gasteiger charge is -2.13. The van der Waals surface area contributed by atoms with E-state index in [4.69, 9.17) is 4.84 Å². The monoisotopic (exact) mass is 326 g/mol. The lowest BCUT2D eigenvalue weighted by atomic mass is 10.2. The van der Waals surface area contributed by atoms with Crippen molar-refractivity contribution in [2.75, 3.05) is 14.2 Å². The molecule has 1 heterocycles. The van der Waals surface area contributed by atoms with Crippen LogP contribution in [0.1, 0.15) is 25.3 Å². The topological polar surface area (TPSA) is 66.7 Å². The standard InChI is InChI=1S/C15H22N2O4S/c1-5-6-13-14(15(18)16(3)21-4)17(13)22(19,20)12-9-7-11(2)8-10-12/h7-10,13-14H,5-6H2,1-4H3/t13-,14-,17?/m1/s1. The van der Waals surface area contributed by atoms with Gasteiger partial charge in [-0.05, 0) is 25.5 Å². The summed E-state index contributed by atoms with van der Waals surface area (Å²) >= 11 is 0. The number of hydrogen-bond donors (Lipinski definition) is 0. The number of amides is 1. The van der Waals surface area contributed by atoms with Crippen molar-refractivity contribution in [3.63, 3.8) is 0 Å². The second kappa shape index (κ2) is 6.36. The van der Waals surface area contributed by atoms with Crippen molar-refractivity contribution in [3.8, 4) is 0 Å². The number of hydroxylamine groups is 2. The van der Waals surface area contributed by atoms with Crippen LogP contribution >= 0.6 is 0 Å². The van der Waals surface area contributed by atoms with Crippen LogP contribution in [0.5, 0.6) is 0 Å². The third-order valence-electron chi connectivity index (χ3n) is 3.89. The molecule has 1 unspecified atom stereocenters. The molecule has 1 aromatic rings. The van der Waals surface area contributed by atoms with E-state index in [1.54, 1.807) is 24.3 Å². The molecule has 1 aliphatic rings. The molecule has 0 spiro atoms. The number of carbonyl (C=O) groups is 1. The second-order valence-corrected chi connectivity index (χ2v) is 7.31. The van der Waals surface area contributed by atoms with Crippen molar-refractivity contribution in [2.24, 2.45) is 0 Å². The summed E-state index contributed by atoms with van der Waals surface area (Å²) < 4.78 is 26.8. The molecule has 1 aromatic carbocycles. The van der Waals surface area contributed by atoms with Gasteiger partial charge in [0.25, 0.3) is 5.91 Å². The highest BCUT2D eigenvalue weighted by molar-refractivity contribution is 7.89. The summed E-state index contributed by atoms with van der Waals surface area (Å²) in [4.78, 5) is 17.4. The van der Waals surface area contributed by atoms with Crippen LogP contribution in [0.25, 0.3) is 0 Å². The molecule has 2 rings (SSSR count). The van der Waals surface area contributed by atoms with Crippen LogP contribution in [0.4, 0.5) is 0 Å². The molecule has 0 aliphatic carbocycles. The SMILES string of the molecule is CCC[C@@H]1[C@H](C(=O)N(C)OC)N1S(=O)(=O)c1ccc(C)cc1. The molecule has 22 heavy (non-hydrogen) atoms. The molecule has 3 atom stereocenters. The number of hydrogen-bond acceptors (Lipinski definition) is 4. The van der Waals surface area contributed by atoms with Crippen molar-refractivity contribution in [2.45, 2.75) is 43.7 Å². The van der Waals surface area contributed by atoms with E-state index < -0.39 is 16.1 Å². The number of rotatable bonds is 6. The number of carbonyl (C=O) groups excluding carboxylic acids is 1. The Morgan fingerprint density at radius 3 is 2.41 bits per heavy atom. The molecule has 0 bridgehead atoms. The highest BCUT2D eigenvalue weighted by atomic mass is 32.2. The summed E-state index contributed by atoms with van der Waals surface area (Å²) in [6.07, 6.45) is 1.46. The van der Waals surface area contributed by atoms with Gasteiger partial charge in [0.1, 0.15) is 6.04 Å². The number of aryl methyl sites for hydroxylation is 1. The van der Waals surface area contributed by atoms with Gasteiger partial charge in [-0.15, -0.1) is 0 Å². The predicted molar refractivity (Wildman–Crippen MR) is 82.5 cm³/mol. The molecule has 0 aromatic heterocycles. The molecule has 122 valence electrons. The van der Waals surface area contributed by atoms with Gasteiger partial charge in [0, 0.05) is 7.05 Å². The Bertz CT molecular complexity index is 642. The van der Waals surface area contributed by atoms with Gasteiger partial charge in [-0.25, -0.2) is 13.5 Å². The average Bonchev–Trinajstić information content (AvgIpc) is 3.21. The van der Waals surface area contributed by atoms with Gasteiger partial charge in [-0.1, -0.05) is 31.0 Å². The molecule has 1 amide bonds. The zero-order valence-corrected chi connectivity index (χ0v) is 14.1. The third kappa shape index (κ3) is 3.02. The van der Waals surface area contributed by atoms with E-state index in [1.165, 1.54) is 18.5 Å². The second-order valence-electron chi connectivity index (χ2n) is 5.47. The van der Waals surface area contributed by atoms with E-state index in [2.05, 4.69) is 0 Å². The summed E-state index contributed by atoms with van der Waals surface area (Å²) in [6.45, 7) is 3.87. The third-order valence-corrected chi connectivity index (χ3v) is 5.81. The van der Waals surface area contributed by atoms with E-state index in [1.807, 2.05) is 13.8 Å². The number of likely N-dealkylation sites (N-methyl/N-ethyl adjacent to an activating group) is 1. The Morgan fingerprint density at radius 2 is 1.91 bits per heavy atom.